The van der Waals surface area contributed by atoms with Gasteiger partial charge in [0.1, 0.15) is 0 Å². The molecule has 0 unspecified atom stereocenters. The van der Waals surface area contributed by atoms with Crippen LogP contribution in [0.3, 0.4) is 0 Å². The van der Waals surface area contributed by atoms with Gasteiger partial charge in [-0.1, -0.05) is 0 Å². The lowest BCUT2D eigenvalue weighted by molar-refractivity contribution is 0.307. The molecule has 0 spiro atoms. The fourth-order valence-electron chi connectivity index (χ4n) is 0.800. The molecule has 10 nitrogen and oxygen atoms in total. The van der Waals surface area contributed by atoms with E-state index in [1.54, 1.807) is 0 Å². The number of fused-ring (bicyclic) bond motifs is 2. The highest BCUT2D eigenvalue weighted by atomic mass is 16.6. The predicted octanol–water partition coefficient (Wildman–Crippen LogP) is 1.60. The molecule has 0 bridgehead atoms. The van der Waals surface area contributed by atoms with Gasteiger partial charge in [-0.25, -0.2) is 9.26 Å². The largest absolute Gasteiger partial charge is 0.265 e. The molecular formula is C4N8O2. The molecule has 1 aliphatic rings. The third-order valence-electron chi connectivity index (χ3n) is 1.39. The second kappa shape index (κ2) is 2.48. The van der Waals surface area contributed by atoms with Gasteiger partial charge in [0, 0.05) is 0 Å². The number of azo groups is 2. The first-order valence-corrected chi connectivity index (χ1v) is 3.42. The van der Waals surface area contributed by atoms with Crippen LogP contribution in [-0.4, -0.2) is 20.6 Å². The Morgan fingerprint density at radius 2 is 0.786 bits per heavy atom. The molecule has 1 aliphatic heterocycles. The Balaban J connectivity index is 2.20. The third kappa shape index (κ3) is 0.903. The van der Waals surface area contributed by atoms with Gasteiger partial charge in [0.2, 0.25) is 0 Å². The highest BCUT2D eigenvalue weighted by Crippen LogP contribution is 2.32. The van der Waals surface area contributed by atoms with E-state index >= 15 is 0 Å². The molecule has 68 valence electrons. The van der Waals surface area contributed by atoms with Crippen molar-refractivity contribution in [2.75, 3.05) is 0 Å². The molecule has 3 rings (SSSR count). The summed E-state index contributed by atoms with van der Waals surface area (Å²) in [7, 11) is 0. The summed E-state index contributed by atoms with van der Waals surface area (Å²) in [5, 5.41) is 28.4. The molecule has 14 heavy (non-hydrogen) atoms. The Hall–Kier alpha value is -2.52. The van der Waals surface area contributed by atoms with Crippen molar-refractivity contribution in [1.29, 1.82) is 0 Å². The molecule has 0 fully saturated rings. The van der Waals surface area contributed by atoms with Gasteiger partial charge in [-0.15, -0.1) is 20.5 Å². The third-order valence-corrected chi connectivity index (χ3v) is 1.39. The van der Waals surface area contributed by atoms with Crippen LogP contribution in [0.5, 0.6) is 0 Å². The van der Waals surface area contributed by atoms with Crippen LogP contribution in [0.2, 0.25) is 0 Å². The zero-order chi connectivity index (χ0) is 9.38. The summed E-state index contributed by atoms with van der Waals surface area (Å²) in [6, 6.07) is 0. The van der Waals surface area contributed by atoms with Crippen molar-refractivity contribution < 1.29 is 9.26 Å². The lowest BCUT2D eigenvalue weighted by Gasteiger charge is -1.87. The van der Waals surface area contributed by atoms with Gasteiger partial charge in [0.25, 0.3) is 23.3 Å². The summed E-state index contributed by atoms with van der Waals surface area (Å²) in [6.45, 7) is 0. The van der Waals surface area contributed by atoms with Gasteiger partial charge in [-0.3, -0.25) is 0 Å². The first kappa shape index (κ1) is 6.94. The van der Waals surface area contributed by atoms with Crippen molar-refractivity contribution in [3.05, 3.63) is 0 Å². The van der Waals surface area contributed by atoms with E-state index in [4.69, 9.17) is 0 Å². The van der Waals surface area contributed by atoms with Crippen molar-refractivity contribution in [3.8, 4) is 0 Å². The van der Waals surface area contributed by atoms with E-state index in [2.05, 4.69) is 50.3 Å². The van der Waals surface area contributed by atoms with Crippen molar-refractivity contribution in [1.82, 2.24) is 20.6 Å². The van der Waals surface area contributed by atoms with Crippen molar-refractivity contribution in [2.24, 2.45) is 20.5 Å². The fraction of sp³-hybridized carbons (Fsp3) is 0. The minimum atomic E-state index is 0.127. The molecule has 2 aromatic rings. The SMILES string of the molecule is N1=N\c2nonc2/N=N\c2nonc2/1. The second-order valence-corrected chi connectivity index (χ2v) is 2.22. The van der Waals surface area contributed by atoms with Gasteiger partial charge in [0.15, 0.2) is 0 Å². The second-order valence-electron chi connectivity index (χ2n) is 2.22. The molecule has 3 heterocycles. The van der Waals surface area contributed by atoms with E-state index in [1.807, 2.05) is 0 Å². The standard InChI is InChI=1S/C4N8O2/c5-1-2(10-13-9-1)6-8-4-3(7-5)11-14-12-4/b7-5-,8-6-. The monoisotopic (exact) mass is 192 g/mol. The zero-order valence-corrected chi connectivity index (χ0v) is 6.39. The predicted molar refractivity (Wildman–Crippen MR) is 36.9 cm³/mol. The van der Waals surface area contributed by atoms with Crippen molar-refractivity contribution in [2.45, 2.75) is 0 Å². The number of nitrogens with zero attached hydrogens (tertiary/aromatic N) is 8. The van der Waals surface area contributed by atoms with Crippen LogP contribution >= 0.6 is 0 Å². The van der Waals surface area contributed by atoms with E-state index in [0.717, 1.165) is 0 Å². The highest BCUT2D eigenvalue weighted by Gasteiger charge is 2.15. The maximum atomic E-state index is 4.38. The summed E-state index contributed by atoms with van der Waals surface area (Å²) in [5.41, 5.74) is 0. The van der Waals surface area contributed by atoms with Gasteiger partial charge in [-0.2, -0.15) is 0 Å². The number of rotatable bonds is 0. The summed E-state index contributed by atoms with van der Waals surface area (Å²) in [4.78, 5) is 0. The first-order valence-electron chi connectivity index (χ1n) is 3.42. The van der Waals surface area contributed by atoms with Crippen molar-refractivity contribution in [3.63, 3.8) is 0 Å². The Labute approximate surface area is 74.6 Å². The molecule has 0 saturated carbocycles. The molecule has 0 saturated heterocycles. The van der Waals surface area contributed by atoms with Crippen molar-refractivity contribution >= 4 is 23.3 Å². The summed E-state index contributed by atoms with van der Waals surface area (Å²) in [6.07, 6.45) is 0. The lowest BCUT2D eigenvalue weighted by Crippen LogP contribution is -1.69. The van der Waals surface area contributed by atoms with E-state index < -0.39 is 0 Å². The van der Waals surface area contributed by atoms with E-state index in [0.29, 0.717) is 0 Å². The van der Waals surface area contributed by atoms with Crippen LogP contribution in [0.1, 0.15) is 0 Å². The van der Waals surface area contributed by atoms with Gasteiger partial charge in [0.05, 0.1) is 0 Å². The molecule has 0 N–H and O–H groups in total. The first-order chi connectivity index (χ1) is 6.93. The summed E-state index contributed by atoms with van der Waals surface area (Å²) < 4.78 is 8.76. The van der Waals surface area contributed by atoms with Crippen LogP contribution < -0.4 is 0 Å². The molecular weight excluding hydrogens is 192 g/mol. The zero-order valence-electron chi connectivity index (χ0n) is 6.39. The quantitative estimate of drug-likeness (QED) is 0.531. The molecule has 0 aromatic carbocycles. The summed E-state index contributed by atoms with van der Waals surface area (Å²) >= 11 is 0. The summed E-state index contributed by atoms with van der Waals surface area (Å²) in [5.74, 6) is 0.509. The Kier molecular flexibility index (Phi) is 1.23. The highest BCUT2D eigenvalue weighted by molar-refractivity contribution is 5.53. The molecule has 0 aliphatic carbocycles. The van der Waals surface area contributed by atoms with E-state index in [9.17, 15) is 0 Å². The minimum absolute atomic E-state index is 0.127. The van der Waals surface area contributed by atoms with Gasteiger partial charge >= 0.3 is 0 Å². The van der Waals surface area contributed by atoms with E-state index in [-0.39, 0.29) is 23.3 Å². The van der Waals surface area contributed by atoms with Gasteiger partial charge in [-0.05, 0) is 20.6 Å². The fourth-order valence-corrected chi connectivity index (χ4v) is 0.800. The molecule has 2 aromatic heterocycles. The number of aromatic nitrogens is 4. The molecule has 0 amide bonds. The lowest BCUT2D eigenvalue weighted by atomic mass is 10.6. The Morgan fingerprint density at radius 3 is 1.07 bits per heavy atom. The average Bonchev–Trinajstić information content (AvgIpc) is 2.75. The normalized spacial score (nSPS) is 17.7. The smallest absolute Gasteiger partial charge is 0.240 e. The van der Waals surface area contributed by atoms with Crippen LogP contribution in [0.25, 0.3) is 0 Å². The van der Waals surface area contributed by atoms with Crippen LogP contribution in [0.15, 0.2) is 29.7 Å². The Bertz CT molecular complexity index is 434. The average molecular weight is 192 g/mol. The minimum Gasteiger partial charge on any atom is -0.240 e. The van der Waals surface area contributed by atoms with Crippen LogP contribution in [0.4, 0.5) is 23.3 Å². The van der Waals surface area contributed by atoms with Gasteiger partial charge < -0.3 is 0 Å². The molecule has 10 heteroatoms. The van der Waals surface area contributed by atoms with Crippen LogP contribution in [0, 0.1) is 0 Å². The molecule has 0 radical (unpaired) electrons. The van der Waals surface area contributed by atoms with Crippen LogP contribution in [-0.2, 0) is 0 Å². The topological polar surface area (TPSA) is 127 Å². The maximum absolute atomic E-state index is 4.38. The Morgan fingerprint density at radius 1 is 0.500 bits per heavy atom. The number of hydrogen-bond acceptors (Lipinski definition) is 10. The maximum Gasteiger partial charge on any atom is 0.265 e. The number of hydrogen-bond donors (Lipinski definition) is 0. The van der Waals surface area contributed by atoms with E-state index in [1.165, 1.54) is 0 Å². The molecule has 0 atom stereocenters.